The molecule has 3 rings (SSSR count). The number of aromatic nitrogens is 2. The van der Waals surface area contributed by atoms with Gasteiger partial charge in [0.1, 0.15) is 0 Å². The lowest BCUT2D eigenvalue weighted by Crippen LogP contribution is -2.14. The molecule has 0 aliphatic heterocycles. The fraction of sp³-hybridized carbons (Fsp3) is 0.0588. The minimum absolute atomic E-state index is 0.0529. The summed E-state index contributed by atoms with van der Waals surface area (Å²) in [6.45, 7) is 1.61. The highest BCUT2D eigenvalue weighted by Crippen LogP contribution is 2.20. The van der Waals surface area contributed by atoms with Crippen molar-refractivity contribution in [3.8, 4) is 5.69 Å². The zero-order valence-electron chi connectivity index (χ0n) is 13.2. The molecule has 2 aromatic carbocycles. The van der Waals surface area contributed by atoms with Crippen molar-refractivity contribution in [3.63, 3.8) is 0 Å². The second-order valence-corrected chi connectivity index (χ2v) is 7.08. The number of nitrogens with one attached hydrogen (secondary N) is 1. The molecule has 0 radical (unpaired) electrons. The van der Waals surface area contributed by atoms with Gasteiger partial charge in [-0.2, -0.15) is 5.10 Å². The van der Waals surface area contributed by atoms with E-state index in [1.807, 2.05) is 30.3 Å². The molecular formula is C17H15N3O4S. The summed E-state index contributed by atoms with van der Waals surface area (Å²) in [6, 6.07) is 13.2. The summed E-state index contributed by atoms with van der Waals surface area (Å²) in [5.74, 6) is -1.17. The third-order valence-corrected chi connectivity index (χ3v) is 4.98. The average Bonchev–Trinajstić information content (AvgIpc) is 3.03. The third kappa shape index (κ3) is 3.53. The largest absolute Gasteiger partial charge is 0.478 e. The average molecular weight is 357 g/mol. The number of hydrogen-bond acceptors (Lipinski definition) is 4. The van der Waals surface area contributed by atoms with Gasteiger partial charge in [-0.1, -0.05) is 24.3 Å². The van der Waals surface area contributed by atoms with Crippen molar-refractivity contribution >= 4 is 21.7 Å². The summed E-state index contributed by atoms with van der Waals surface area (Å²) in [7, 11) is -3.92. The van der Waals surface area contributed by atoms with E-state index >= 15 is 0 Å². The first-order chi connectivity index (χ1) is 11.9. The lowest BCUT2D eigenvalue weighted by Gasteiger charge is -2.08. The van der Waals surface area contributed by atoms with Crippen LogP contribution in [0.5, 0.6) is 0 Å². The van der Waals surface area contributed by atoms with Crippen molar-refractivity contribution in [3.05, 3.63) is 72.1 Å². The first-order valence-corrected chi connectivity index (χ1v) is 8.82. The summed E-state index contributed by atoms with van der Waals surface area (Å²) in [5, 5.41) is 13.3. The molecule has 0 spiro atoms. The van der Waals surface area contributed by atoms with E-state index < -0.39 is 16.0 Å². The number of para-hydroxylation sites is 1. The Bertz CT molecular complexity index is 1030. The number of nitrogens with zero attached hydrogens (tertiary/aromatic N) is 2. The van der Waals surface area contributed by atoms with E-state index in [0.717, 1.165) is 11.8 Å². The van der Waals surface area contributed by atoms with Gasteiger partial charge in [0.15, 0.2) is 0 Å². The molecule has 7 nitrogen and oxygen atoms in total. The van der Waals surface area contributed by atoms with E-state index in [4.69, 9.17) is 5.11 Å². The van der Waals surface area contributed by atoms with E-state index in [-0.39, 0.29) is 16.1 Å². The highest BCUT2D eigenvalue weighted by Gasteiger charge is 2.18. The smallest absolute Gasteiger partial charge is 0.335 e. The Morgan fingerprint density at radius 2 is 1.88 bits per heavy atom. The van der Waals surface area contributed by atoms with Gasteiger partial charge in [-0.15, -0.1) is 0 Å². The highest BCUT2D eigenvalue weighted by atomic mass is 32.2. The molecule has 0 atom stereocenters. The molecule has 1 aromatic heterocycles. The van der Waals surface area contributed by atoms with Crippen molar-refractivity contribution in [2.24, 2.45) is 0 Å². The second-order valence-electron chi connectivity index (χ2n) is 5.40. The van der Waals surface area contributed by atoms with Crippen LogP contribution in [0.2, 0.25) is 0 Å². The second kappa shape index (κ2) is 6.40. The molecule has 1 heterocycles. The Kier molecular flexibility index (Phi) is 4.28. The topological polar surface area (TPSA) is 101 Å². The quantitative estimate of drug-likeness (QED) is 0.731. The van der Waals surface area contributed by atoms with Gasteiger partial charge in [0.2, 0.25) is 0 Å². The summed E-state index contributed by atoms with van der Waals surface area (Å²) >= 11 is 0. The van der Waals surface area contributed by atoms with E-state index in [1.165, 1.54) is 23.0 Å². The van der Waals surface area contributed by atoms with Gasteiger partial charge in [0.25, 0.3) is 10.0 Å². The monoisotopic (exact) mass is 357 g/mol. The molecule has 0 aliphatic rings. The van der Waals surface area contributed by atoms with Crippen molar-refractivity contribution in [2.75, 3.05) is 4.72 Å². The van der Waals surface area contributed by atoms with Crippen LogP contribution in [0.1, 0.15) is 15.9 Å². The number of anilines is 1. The number of rotatable bonds is 5. The van der Waals surface area contributed by atoms with Gasteiger partial charge in [-0.3, -0.25) is 4.72 Å². The number of benzene rings is 2. The van der Waals surface area contributed by atoms with Crippen LogP contribution in [-0.2, 0) is 10.0 Å². The Hall–Kier alpha value is -3.13. The minimum Gasteiger partial charge on any atom is -0.478 e. The van der Waals surface area contributed by atoms with Crippen LogP contribution in [-0.4, -0.2) is 29.3 Å². The molecule has 8 heteroatoms. The Balaban J connectivity index is 1.89. The maximum absolute atomic E-state index is 12.5. The molecular weight excluding hydrogens is 342 g/mol. The van der Waals surface area contributed by atoms with Crippen LogP contribution in [0, 0.1) is 6.92 Å². The van der Waals surface area contributed by atoms with Crippen LogP contribution >= 0.6 is 0 Å². The first kappa shape index (κ1) is 16.7. The van der Waals surface area contributed by atoms with Crippen LogP contribution in [0.4, 0.5) is 5.69 Å². The minimum atomic E-state index is -3.92. The number of aryl methyl sites for hydroxylation is 1. The Morgan fingerprint density at radius 3 is 2.56 bits per heavy atom. The van der Waals surface area contributed by atoms with Gasteiger partial charge in [0.05, 0.1) is 34.2 Å². The lowest BCUT2D eigenvalue weighted by molar-refractivity contribution is 0.0696. The molecule has 25 heavy (non-hydrogen) atoms. The maximum atomic E-state index is 12.5. The zero-order valence-corrected chi connectivity index (χ0v) is 14.1. The molecule has 3 aromatic rings. The number of hydrogen-bond donors (Lipinski definition) is 2. The standard InChI is InChI=1S/C17H15N3O4S/c1-12-7-8-15(9-16(12)17(21)22)25(23,24)19-13-10-18-20(11-13)14-5-3-2-4-6-14/h2-11,19H,1H3,(H,21,22). The molecule has 0 fully saturated rings. The molecule has 2 N–H and O–H groups in total. The third-order valence-electron chi connectivity index (χ3n) is 3.61. The predicted octanol–water partition coefficient (Wildman–Crippen LogP) is 2.68. The summed E-state index contributed by atoms with van der Waals surface area (Å²) in [6.07, 6.45) is 2.93. The fourth-order valence-corrected chi connectivity index (χ4v) is 3.36. The predicted molar refractivity (Wildman–Crippen MR) is 92.5 cm³/mol. The normalized spacial score (nSPS) is 11.2. The SMILES string of the molecule is Cc1ccc(S(=O)(=O)Nc2cnn(-c3ccccc3)c2)cc1C(=O)O. The van der Waals surface area contributed by atoms with Crippen molar-refractivity contribution in [1.29, 1.82) is 0 Å². The van der Waals surface area contributed by atoms with E-state index in [1.54, 1.807) is 13.1 Å². The zero-order chi connectivity index (χ0) is 18.0. The number of carboxylic acid groups (broad SMARTS) is 1. The summed E-state index contributed by atoms with van der Waals surface area (Å²) in [5.41, 5.74) is 1.50. The number of sulfonamides is 1. The van der Waals surface area contributed by atoms with Gasteiger partial charge >= 0.3 is 5.97 Å². The molecule has 0 aliphatic carbocycles. The van der Waals surface area contributed by atoms with Crippen molar-refractivity contribution in [1.82, 2.24) is 9.78 Å². The number of carbonyl (C=O) groups is 1. The molecule has 0 amide bonds. The van der Waals surface area contributed by atoms with Gasteiger partial charge in [0, 0.05) is 0 Å². The van der Waals surface area contributed by atoms with E-state index in [9.17, 15) is 13.2 Å². The van der Waals surface area contributed by atoms with Crippen molar-refractivity contribution < 1.29 is 18.3 Å². The molecule has 0 bridgehead atoms. The fourth-order valence-electron chi connectivity index (χ4n) is 2.31. The van der Waals surface area contributed by atoms with E-state index in [0.29, 0.717) is 5.56 Å². The maximum Gasteiger partial charge on any atom is 0.335 e. The first-order valence-electron chi connectivity index (χ1n) is 7.34. The van der Waals surface area contributed by atoms with Gasteiger partial charge in [-0.05, 0) is 36.8 Å². The lowest BCUT2D eigenvalue weighted by atomic mass is 10.1. The summed E-state index contributed by atoms with van der Waals surface area (Å²) in [4.78, 5) is 11.1. The van der Waals surface area contributed by atoms with Gasteiger partial charge < -0.3 is 5.11 Å². The molecule has 0 saturated heterocycles. The van der Waals surface area contributed by atoms with Crippen LogP contribution in [0.3, 0.4) is 0 Å². The number of aromatic carboxylic acids is 1. The number of carboxylic acids is 1. The summed E-state index contributed by atoms with van der Waals surface area (Å²) < 4.78 is 28.9. The van der Waals surface area contributed by atoms with Crippen LogP contribution in [0.25, 0.3) is 5.69 Å². The Labute approximate surface area is 144 Å². The van der Waals surface area contributed by atoms with Gasteiger partial charge in [-0.25, -0.2) is 17.9 Å². The van der Waals surface area contributed by atoms with E-state index in [2.05, 4.69) is 9.82 Å². The molecule has 128 valence electrons. The van der Waals surface area contributed by atoms with Crippen LogP contribution < -0.4 is 4.72 Å². The van der Waals surface area contributed by atoms with Crippen molar-refractivity contribution in [2.45, 2.75) is 11.8 Å². The van der Waals surface area contributed by atoms with Crippen LogP contribution in [0.15, 0.2) is 65.8 Å². The molecule has 0 unspecified atom stereocenters. The molecule has 0 saturated carbocycles. The Morgan fingerprint density at radius 1 is 1.16 bits per heavy atom. The highest BCUT2D eigenvalue weighted by molar-refractivity contribution is 7.92.